The van der Waals surface area contributed by atoms with Crippen molar-refractivity contribution in [1.29, 1.82) is 0 Å². The van der Waals surface area contributed by atoms with E-state index in [4.69, 9.17) is 0 Å². The van der Waals surface area contributed by atoms with E-state index in [0.717, 1.165) is 38.5 Å². The van der Waals surface area contributed by atoms with Crippen LogP contribution in [0.4, 0.5) is 0 Å². The third-order valence-electron chi connectivity index (χ3n) is 8.33. The van der Waals surface area contributed by atoms with Gasteiger partial charge in [-0.25, -0.2) is 0 Å². The molecule has 4 aliphatic carbocycles. The van der Waals surface area contributed by atoms with E-state index >= 15 is 0 Å². The number of rotatable bonds is 1. The van der Waals surface area contributed by atoms with Crippen molar-refractivity contribution >= 4 is 17.3 Å². The molecule has 0 unspecified atom stereocenters. The van der Waals surface area contributed by atoms with Crippen LogP contribution in [0.3, 0.4) is 0 Å². The SMILES string of the molecule is CC(=O)[C@H]1CC[C@H]2[C@@H]3CCC4=CC(=O)C(=O)C[C@]4(C)[C@H]3CC[C@]12C. The zero-order valence-electron chi connectivity index (χ0n) is 15.1. The van der Waals surface area contributed by atoms with Crippen LogP contribution < -0.4 is 0 Å². The largest absolute Gasteiger partial charge is 0.300 e. The molecule has 0 spiro atoms. The molecule has 3 nitrogen and oxygen atoms in total. The second-order valence-electron chi connectivity index (χ2n) is 9.25. The molecule has 0 saturated heterocycles. The maximum absolute atomic E-state index is 12.1. The van der Waals surface area contributed by atoms with Crippen LogP contribution in [0, 0.1) is 34.5 Å². The number of carbonyl (C=O) groups is 3. The van der Waals surface area contributed by atoms with E-state index in [-0.39, 0.29) is 28.3 Å². The van der Waals surface area contributed by atoms with Gasteiger partial charge in [-0.05, 0) is 80.1 Å². The summed E-state index contributed by atoms with van der Waals surface area (Å²) in [5, 5.41) is 0. The van der Waals surface area contributed by atoms with E-state index in [1.807, 2.05) is 0 Å². The Morgan fingerprint density at radius 2 is 1.83 bits per heavy atom. The lowest BCUT2D eigenvalue weighted by Gasteiger charge is -2.57. The van der Waals surface area contributed by atoms with Gasteiger partial charge in [0.1, 0.15) is 5.78 Å². The fraction of sp³-hybridized carbons (Fsp3) is 0.762. The highest BCUT2D eigenvalue weighted by Gasteiger charge is 2.60. The van der Waals surface area contributed by atoms with Crippen molar-refractivity contribution in [3.63, 3.8) is 0 Å². The second kappa shape index (κ2) is 5.12. The molecule has 3 saturated carbocycles. The average Bonchev–Trinajstić information content (AvgIpc) is 2.86. The summed E-state index contributed by atoms with van der Waals surface area (Å²) in [4.78, 5) is 36.1. The first kappa shape index (κ1) is 16.2. The minimum Gasteiger partial charge on any atom is -0.300 e. The van der Waals surface area contributed by atoms with Gasteiger partial charge in [0.2, 0.25) is 11.6 Å². The normalized spacial score (nSPS) is 47.5. The van der Waals surface area contributed by atoms with Gasteiger partial charge in [-0.15, -0.1) is 0 Å². The van der Waals surface area contributed by atoms with Crippen LogP contribution in [0.2, 0.25) is 0 Å². The molecule has 6 atom stereocenters. The highest BCUT2D eigenvalue weighted by Crippen LogP contribution is 2.66. The van der Waals surface area contributed by atoms with Gasteiger partial charge in [-0.2, -0.15) is 0 Å². The van der Waals surface area contributed by atoms with Crippen LogP contribution in [0.1, 0.15) is 65.7 Å². The summed E-state index contributed by atoms with van der Waals surface area (Å²) >= 11 is 0. The van der Waals surface area contributed by atoms with Crippen molar-refractivity contribution in [2.75, 3.05) is 0 Å². The molecule has 0 N–H and O–H groups in total. The number of ketones is 3. The van der Waals surface area contributed by atoms with Crippen LogP contribution in [-0.4, -0.2) is 17.3 Å². The molecule has 0 heterocycles. The predicted molar refractivity (Wildman–Crippen MR) is 91.3 cm³/mol. The summed E-state index contributed by atoms with van der Waals surface area (Å²) in [6.07, 6.45) is 8.51. The van der Waals surface area contributed by atoms with Crippen molar-refractivity contribution in [3.8, 4) is 0 Å². The molecular weight excluding hydrogens is 300 g/mol. The van der Waals surface area contributed by atoms with Gasteiger partial charge >= 0.3 is 0 Å². The molecule has 0 aromatic carbocycles. The van der Waals surface area contributed by atoms with Crippen molar-refractivity contribution in [1.82, 2.24) is 0 Å². The maximum Gasteiger partial charge on any atom is 0.221 e. The first-order valence-corrected chi connectivity index (χ1v) is 9.56. The lowest BCUT2D eigenvalue weighted by molar-refractivity contribution is -0.139. The zero-order valence-corrected chi connectivity index (χ0v) is 15.1. The van der Waals surface area contributed by atoms with Gasteiger partial charge < -0.3 is 0 Å². The summed E-state index contributed by atoms with van der Waals surface area (Å²) in [6, 6.07) is 0. The Morgan fingerprint density at radius 1 is 1.08 bits per heavy atom. The molecule has 0 aliphatic heterocycles. The molecule has 0 aromatic rings. The van der Waals surface area contributed by atoms with Gasteiger partial charge in [0.25, 0.3) is 0 Å². The van der Waals surface area contributed by atoms with Crippen molar-refractivity contribution < 1.29 is 14.4 Å². The number of hydrogen-bond donors (Lipinski definition) is 0. The van der Waals surface area contributed by atoms with Crippen LogP contribution in [0.15, 0.2) is 11.6 Å². The lowest BCUT2D eigenvalue weighted by Crippen LogP contribution is -2.52. The Kier molecular flexibility index (Phi) is 3.47. The van der Waals surface area contributed by atoms with Gasteiger partial charge in [-0.3, -0.25) is 14.4 Å². The summed E-state index contributed by atoms with van der Waals surface area (Å²) in [5.41, 5.74) is 1.25. The van der Waals surface area contributed by atoms with Crippen LogP contribution in [0.25, 0.3) is 0 Å². The van der Waals surface area contributed by atoms with E-state index in [2.05, 4.69) is 13.8 Å². The van der Waals surface area contributed by atoms with E-state index in [1.165, 1.54) is 5.57 Å². The molecule has 0 bridgehead atoms. The second-order valence-corrected chi connectivity index (χ2v) is 9.25. The maximum atomic E-state index is 12.1. The first-order chi connectivity index (χ1) is 11.3. The molecule has 24 heavy (non-hydrogen) atoms. The van der Waals surface area contributed by atoms with Crippen molar-refractivity contribution in [3.05, 3.63) is 11.6 Å². The lowest BCUT2D eigenvalue weighted by atomic mass is 9.46. The Labute approximate surface area is 144 Å². The first-order valence-electron chi connectivity index (χ1n) is 9.56. The number of carbonyl (C=O) groups excluding carboxylic acids is 3. The van der Waals surface area contributed by atoms with Gasteiger partial charge in [0.15, 0.2) is 0 Å². The Balaban J connectivity index is 1.69. The van der Waals surface area contributed by atoms with E-state index in [1.54, 1.807) is 13.0 Å². The third kappa shape index (κ3) is 1.99. The number of allylic oxidation sites excluding steroid dienone is 1. The Morgan fingerprint density at radius 3 is 2.54 bits per heavy atom. The smallest absolute Gasteiger partial charge is 0.221 e. The average molecular weight is 328 g/mol. The topological polar surface area (TPSA) is 51.2 Å². The summed E-state index contributed by atoms with van der Waals surface area (Å²) in [5.74, 6) is 1.80. The molecular formula is C21H28O3. The highest BCUT2D eigenvalue weighted by molar-refractivity contribution is 6.42. The van der Waals surface area contributed by atoms with Crippen molar-refractivity contribution in [2.24, 2.45) is 34.5 Å². The molecule has 3 heteroatoms. The van der Waals surface area contributed by atoms with Gasteiger partial charge in [0, 0.05) is 12.3 Å². The summed E-state index contributed by atoms with van der Waals surface area (Å²) in [7, 11) is 0. The minimum absolute atomic E-state index is 0.121. The molecule has 130 valence electrons. The quantitative estimate of drug-likeness (QED) is 0.686. The van der Waals surface area contributed by atoms with Crippen molar-refractivity contribution in [2.45, 2.75) is 65.7 Å². The fourth-order valence-corrected chi connectivity index (χ4v) is 7.14. The van der Waals surface area contributed by atoms with Gasteiger partial charge in [0.05, 0.1) is 0 Å². The number of fused-ring (bicyclic) bond motifs is 5. The summed E-state index contributed by atoms with van der Waals surface area (Å²) < 4.78 is 0. The molecule has 3 fully saturated rings. The fourth-order valence-electron chi connectivity index (χ4n) is 7.14. The Bertz CT molecular complexity index is 660. The number of Topliss-reactive ketones (excluding diaryl/α,β-unsaturated/α-hetero) is 2. The van der Waals surface area contributed by atoms with Crippen LogP contribution >= 0.6 is 0 Å². The molecule has 4 rings (SSSR count). The number of hydrogen-bond acceptors (Lipinski definition) is 3. The van der Waals surface area contributed by atoms with E-state index < -0.39 is 0 Å². The van der Waals surface area contributed by atoms with E-state index in [0.29, 0.717) is 30.0 Å². The van der Waals surface area contributed by atoms with Gasteiger partial charge in [-0.1, -0.05) is 19.4 Å². The van der Waals surface area contributed by atoms with Crippen LogP contribution in [0.5, 0.6) is 0 Å². The van der Waals surface area contributed by atoms with Crippen LogP contribution in [-0.2, 0) is 14.4 Å². The standard InChI is InChI=1S/C21H28O3/c1-12(22)15-6-7-16-14-5-4-13-10-18(23)19(24)11-21(13,3)17(14)8-9-20(15,16)2/h10,14-17H,4-9,11H2,1-3H3/t14-,15+,16-,17-,20+,21-/m0/s1. The highest BCUT2D eigenvalue weighted by atomic mass is 16.2. The van der Waals surface area contributed by atoms with E-state index in [9.17, 15) is 14.4 Å². The molecule has 0 radical (unpaired) electrons. The monoisotopic (exact) mass is 328 g/mol. The predicted octanol–water partition coefficient (Wildman–Crippen LogP) is 3.90. The molecule has 0 amide bonds. The Hall–Kier alpha value is -1.25. The third-order valence-corrected chi connectivity index (χ3v) is 8.33. The molecule has 0 aromatic heterocycles. The zero-order chi connectivity index (χ0) is 17.3. The minimum atomic E-state index is -0.293. The molecule has 4 aliphatic rings. The summed E-state index contributed by atoms with van der Waals surface area (Å²) in [6.45, 7) is 6.33.